The summed E-state index contributed by atoms with van der Waals surface area (Å²) in [6, 6.07) is 4.75. The predicted octanol–water partition coefficient (Wildman–Crippen LogP) is 5.97. The van der Waals surface area contributed by atoms with E-state index in [-0.39, 0.29) is 39.4 Å². The molecule has 0 radical (unpaired) electrons. The van der Waals surface area contributed by atoms with Crippen LogP contribution in [-0.4, -0.2) is 48.0 Å². The summed E-state index contributed by atoms with van der Waals surface area (Å²) in [4.78, 5) is 27.9. The van der Waals surface area contributed by atoms with E-state index in [0.717, 1.165) is 30.3 Å². The number of alkyl halides is 3. The Morgan fingerprint density at radius 2 is 1.93 bits per heavy atom. The minimum atomic E-state index is -4.83. The number of carbonyl (C=O) groups excluding carboxylic acids is 2. The number of aromatic nitrogens is 2. The summed E-state index contributed by atoms with van der Waals surface area (Å²) in [7, 11) is -2.17. The molecule has 2 heterocycles. The van der Waals surface area contributed by atoms with Crippen molar-refractivity contribution in [3.63, 3.8) is 0 Å². The van der Waals surface area contributed by atoms with E-state index in [1.54, 1.807) is 55.9 Å². The van der Waals surface area contributed by atoms with Gasteiger partial charge >= 0.3 is 12.3 Å². The lowest BCUT2D eigenvalue weighted by Crippen LogP contribution is -2.27. The van der Waals surface area contributed by atoms with Crippen molar-refractivity contribution in [1.82, 2.24) is 14.9 Å². The Hall–Kier alpha value is -3.39. The second-order valence-electron chi connectivity index (χ2n) is 10.4. The van der Waals surface area contributed by atoms with E-state index < -0.39 is 33.4 Å². The van der Waals surface area contributed by atoms with Crippen LogP contribution in [0.1, 0.15) is 57.8 Å². The number of thiophene rings is 1. The topological polar surface area (TPSA) is 119 Å². The maximum absolute atomic E-state index is 13.6. The van der Waals surface area contributed by atoms with Crippen molar-refractivity contribution < 1.29 is 35.9 Å². The first-order valence-electron chi connectivity index (χ1n) is 12.4. The molecule has 0 unspecified atom stereocenters. The van der Waals surface area contributed by atoms with Crippen LogP contribution in [-0.2, 0) is 26.4 Å². The molecule has 0 aliphatic heterocycles. The molecule has 2 N–H and O–H groups in total. The fourth-order valence-corrected chi connectivity index (χ4v) is 7.17. The monoisotopic (exact) mass is 598 g/mol. The normalized spacial score (nSPS) is 14.8. The first-order valence-corrected chi connectivity index (χ1v) is 14.9. The molecule has 1 aliphatic carbocycles. The van der Waals surface area contributed by atoms with Crippen LogP contribution in [0.3, 0.4) is 0 Å². The molecule has 1 aromatic carbocycles. The van der Waals surface area contributed by atoms with Gasteiger partial charge in [0.15, 0.2) is 15.7 Å². The third-order valence-corrected chi connectivity index (χ3v) is 9.20. The quantitative estimate of drug-likeness (QED) is 0.309. The van der Waals surface area contributed by atoms with E-state index in [9.17, 15) is 31.2 Å². The van der Waals surface area contributed by atoms with Crippen LogP contribution in [0, 0.1) is 0 Å². The van der Waals surface area contributed by atoms with Crippen molar-refractivity contribution in [2.75, 3.05) is 11.1 Å². The number of hydrogen-bond acceptors (Lipinski definition) is 7. The Labute approximate surface area is 233 Å². The molecule has 1 aliphatic rings. The lowest BCUT2D eigenvalue weighted by Gasteiger charge is -2.19. The van der Waals surface area contributed by atoms with Crippen molar-refractivity contribution in [2.45, 2.75) is 63.1 Å². The fourth-order valence-electron chi connectivity index (χ4n) is 4.26. The molecule has 14 heteroatoms. The van der Waals surface area contributed by atoms with Crippen LogP contribution in [0.15, 0.2) is 28.8 Å². The number of sulfone groups is 1. The minimum Gasteiger partial charge on any atom is -0.444 e. The summed E-state index contributed by atoms with van der Waals surface area (Å²) in [6.07, 6.45) is -3.30. The smallest absolute Gasteiger partial charge is 0.431 e. The van der Waals surface area contributed by atoms with Gasteiger partial charge in [0.05, 0.1) is 21.2 Å². The highest BCUT2D eigenvalue weighted by Crippen LogP contribution is 2.47. The molecular weight excluding hydrogens is 569 g/mol. The van der Waals surface area contributed by atoms with Crippen molar-refractivity contribution in [3.8, 4) is 10.7 Å². The van der Waals surface area contributed by atoms with Gasteiger partial charge in [0, 0.05) is 34.4 Å². The van der Waals surface area contributed by atoms with E-state index in [1.807, 2.05) is 0 Å². The third kappa shape index (κ3) is 6.17. The number of nitrogens with zero attached hydrogens (tertiary/aromatic N) is 2. The van der Waals surface area contributed by atoms with Crippen LogP contribution in [0.4, 0.5) is 23.7 Å². The number of benzene rings is 1. The zero-order valence-electron chi connectivity index (χ0n) is 22.5. The molecular formula is C26H29F3N4O5S2. The number of carbonyl (C=O) groups is 2. The molecule has 1 saturated carbocycles. The van der Waals surface area contributed by atoms with E-state index in [2.05, 4.69) is 10.3 Å². The lowest BCUT2D eigenvalue weighted by molar-refractivity contribution is -0.116. The fraction of sp³-hybridized carbons (Fsp3) is 0.423. The lowest BCUT2D eigenvalue weighted by atomic mass is 10.2. The number of rotatable bonds is 8. The van der Waals surface area contributed by atoms with E-state index in [0.29, 0.717) is 21.5 Å². The molecule has 0 atom stereocenters. The molecule has 2 amide bonds. The summed E-state index contributed by atoms with van der Waals surface area (Å²) in [5.41, 5.74) is -1.08. The second-order valence-corrected chi connectivity index (χ2v) is 13.6. The number of fused-ring (bicyclic) bond motifs is 1. The Morgan fingerprint density at radius 3 is 2.48 bits per heavy atom. The van der Waals surface area contributed by atoms with Gasteiger partial charge in [-0.2, -0.15) is 13.2 Å². The summed E-state index contributed by atoms with van der Waals surface area (Å²) in [6.45, 7) is 6.68. The molecule has 0 spiro atoms. The van der Waals surface area contributed by atoms with Crippen LogP contribution < -0.4 is 10.6 Å². The van der Waals surface area contributed by atoms with Gasteiger partial charge in [0.1, 0.15) is 11.3 Å². The highest BCUT2D eigenvalue weighted by molar-refractivity contribution is 7.92. The number of ether oxygens (including phenoxy) is 1. The molecule has 0 bridgehead atoms. The van der Waals surface area contributed by atoms with E-state index in [1.165, 1.54) is 6.92 Å². The zero-order valence-corrected chi connectivity index (χ0v) is 24.1. The average Bonchev–Trinajstić information content (AvgIpc) is 3.50. The molecule has 2 aromatic heterocycles. The van der Waals surface area contributed by atoms with Gasteiger partial charge in [0.2, 0.25) is 6.41 Å². The van der Waals surface area contributed by atoms with Crippen molar-refractivity contribution >= 4 is 55.5 Å². The van der Waals surface area contributed by atoms with Gasteiger partial charge in [-0.1, -0.05) is 13.0 Å². The van der Waals surface area contributed by atoms with E-state index >= 15 is 0 Å². The highest BCUT2D eigenvalue weighted by atomic mass is 32.2. The summed E-state index contributed by atoms with van der Waals surface area (Å²) >= 11 is 1.11. The van der Waals surface area contributed by atoms with Gasteiger partial charge < -0.3 is 14.6 Å². The molecule has 9 nitrogen and oxygen atoms in total. The second kappa shape index (κ2) is 10.5. The Morgan fingerprint density at radius 1 is 1.25 bits per heavy atom. The standard InChI is InChI=1S/C26H29F3N4O5S2/c1-6-40(36,37)22-16-10-9-15(31-24(35)38-25(2,3)4)11-18(16)39-21(22)23-32-17(20(33(23)5)14-7-8-14)12-19(30-13-34)26(27,28)29/h9-14H,6-8H2,1-5H3,(H,30,34)(H,31,35)/b19-12-. The largest absolute Gasteiger partial charge is 0.444 e. The molecule has 0 saturated heterocycles. The maximum atomic E-state index is 13.6. The van der Waals surface area contributed by atoms with Crippen LogP contribution >= 0.6 is 11.3 Å². The van der Waals surface area contributed by atoms with Crippen molar-refractivity contribution in [2.24, 2.45) is 7.05 Å². The molecule has 40 heavy (non-hydrogen) atoms. The first-order chi connectivity index (χ1) is 18.6. The number of nitrogens with one attached hydrogen (secondary N) is 2. The third-order valence-electron chi connectivity index (χ3n) is 6.12. The summed E-state index contributed by atoms with van der Waals surface area (Å²) in [5, 5.41) is 4.73. The average molecular weight is 599 g/mol. The SMILES string of the molecule is CCS(=O)(=O)c1c(-c2nc(/C=C(\NC=O)C(F)(F)F)c(C3CC3)n2C)sc2cc(NC(=O)OC(C)(C)C)ccc12. The van der Waals surface area contributed by atoms with Gasteiger partial charge in [-0.15, -0.1) is 11.3 Å². The summed E-state index contributed by atoms with van der Waals surface area (Å²) in [5.74, 6) is -0.0677. The van der Waals surface area contributed by atoms with E-state index in [4.69, 9.17) is 4.74 Å². The van der Waals surface area contributed by atoms with Gasteiger partial charge in [-0.25, -0.2) is 18.2 Å². The maximum Gasteiger partial charge on any atom is 0.431 e. The Kier molecular flexibility index (Phi) is 7.80. The number of hydrogen-bond donors (Lipinski definition) is 2. The molecule has 3 aromatic rings. The number of imidazole rings is 1. The zero-order chi connectivity index (χ0) is 29.6. The Bertz CT molecular complexity index is 1610. The first kappa shape index (κ1) is 29.6. The van der Waals surface area contributed by atoms with Crippen LogP contribution in [0.25, 0.3) is 26.9 Å². The summed E-state index contributed by atoms with van der Waals surface area (Å²) < 4.78 is 74.7. The van der Waals surface area contributed by atoms with Gasteiger partial charge in [-0.05, 0) is 51.8 Å². The molecule has 1 fully saturated rings. The number of allylic oxidation sites excluding steroid dienone is 1. The molecule has 216 valence electrons. The number of amides is 2. The van der Waals surface area contributed by atoms with Crippen molar-refractivity contribution in [1.29, 1.82) is 0 Å². The van der Waals surface area contributed by atoms with Crippen molar-refractivity contribution in [3.05, 3.63) is 35.3 Å². The predicted molar refractivity (Wildman–Crippen MR) is 147 cm³/mol. The number of halogens is 3. The molecule has 4 rings (SSSR count). The minimum absolute atomic E-state index is 0.00580. The van der Waals surface area contributed by atoms with Gasteiger partial charge in [-0.3, -0.25) is 10.1 Å². The van der Waals surface area contributed by atoms with Crippen LogP contribution in [0.2, 0.25) is 0 Å². The Balaban J connectivity index is 1.90. The van der Waals surface area contributed by atoms with Crippen LogP contribution in [0.5, 0.6) is 0 Å². The van der Waals surface area contributed by atoms with Gasteiger partial charge in [0.25, 0.3) is 0 Å². The number of anilines is 1. The highest BCUT2D eigenvalue weighted by Gasteiger charge is 2.37.